The zero-order valence-electron chi connectivity index (χ0n) is 24.3. The Morgan fingerprint density at radius 1 is 0.524 bits per heavy atom. The highest BCUT2D eigenvalue weighted by molar-refractivity contribution is 6.13. The Hall–Kier alpha value is -4.10. The average molecular weight is 545 g/mol. The predicted molar refractivity (Wildman–Crippen MR) is 175 cm³/mol. The molecule has 42 heavy (non-hydrogen) atoms. The van der Waals surface area contributed by atoms with Crippen LogP contribution in [0.15, 0.2) is 114 Å². The summed E-state index contributed by atoms with van der Waals surface area (Å²) in [5.74, 6) is 2.89. The van der Waals surface area contributed by atoms with E-state index in [0.29, 0.717) is 5.41 Å². The lowest BCUT2D eigenvalue weighted by Gasteiger charge is -2.57. The molecular weight excluding hydrogens is 508 g/mol. The maximum atomic E-state index is 6.82. The molecule has 0 N–H and O–H groups in total. The summed E-state index contributed by atoms with van der Waals surface area (Å²) in [6.07, 6.45) is 8.70. The number of para-hydroxylation sites is 1. The van der Waals surface area contributed by atoms with Crippen LogP contribution in [0, 0.1) is 24.7 Å². The van der Waals surface area contributed by atoms with Crippen LogP contribution in [0.25, 0.3) is 55.3 Å². The van der Waals surface area contributed by atoms with Crippen LogP contribution >= 0.6 is 0 Å². The third-order valence-electron chi connectivity index (χ3n) is 10.9. The lowest BCUT2D eigenvalue weighted by Crippen LogP contribution is -2.48. The third-order valence-corrected chi connectivity index (χ3v) is 10.9. The molecule has 4 saturated carbocycles. The maximum Gasteiger partial charge on any atom is 0.143 e. The Labute approximate surface area is 248 Å². The summed E-state index contributed by atoms with van der Waals surface area (Å²) in [6, 6.07) is 40.3. The first kappa shape index (κ1) is 24.5. The fourth-order valence-electron chi connectivity index (χ4n) is 9.43. The second-order valence-corrected chi connectivity index (χ2v) is 13.7. The summed E-state index contributed by atoms with van der Waals surface area (Å²) in [7, 11) is 0. The lowest BCUT2D eigenvalue weighted by molar-refractivity contribution is -0.00518. The molecule has 0 saturated heterocycles. The quantitative estimate of drug-likeness (QED) is 0.215. The van der Waals surface area contributed by atoms with E-state index in [1.165, 1.54) is 82.7 Å². The summed E-state index contributed by atoms with van der Waals surface area (Å²) in [5, 5.41) is 2.39. The van der Waals surface area contributed by atoms with Gasteiger partial charge in [-0.2, -0.15) is 0 Å². The third kappa shape index (κ3) is 3.83. The van der Waals surface area contributed by atoms with Gasteiger partial charge in [0.25, 0.3) is 0 Å². The molecule has 0 unspecified atom stereocenters. The van der Waals surface area contributed by atoms with Crippen LogP contribution in [0.5, 0.6) is 0 Å². The summed E-state index contributed by atoms with van der Waals surface area (Å²) in [6.45, 7) is 2.21. The van der Waals surface area contributed by atoms with Crippen molar-refractivity contribution in [2.75, 3.05) is 0 Å². The van der Waals surface area contributed by atoms with Crippen LogP contribution < -0.4 is 0 Å². The monoisotopic (exact) mass is 544 g/mol. The van der Waals surface area contributed by atoms with Gasteiger partial charge in [0.1, 0.15) is 11.2 Å². The number of benzene rings is 5. The fraction of sp³-hybridized carbons (Fsp3) is 0.268. The van der Waals surface area contributed by atoms with Crippen molar-refractivity contribution in [3.05, 3.63) is 120 Å². The van der Waals surface area contributed by atoms with E-state index >= 15 is 0 Å². The predicted octanol–water partition coefficient (Wildman–Crippen LogP) is 11.4. The van der Waals surface area contributed by atoms with Crippen molar-refractivity contribution in [2.45, 2.75) is 50.9 Å². The van der Waals surface area contributed by atoms with Gasteiger partial charge in [0.05, 0.1) is 0 Å². The van der Waals surface area contributed by atoms with Crippen molar-refractivity contribution in [3.63, 3.8) is 0 Å². The Morgan fingerprint density at radius 2 is 1.10 bits per heavy atom. The van der Waals surface area contributed by atoms with Crippen molar-refractivity contribution in [1.29, 1.82) is 0 Å². The number of rotatable bonds is 4. The van der Waals surface area contributed by atoms with E-state index in [0.717, 1.165) is 34.5 Å². The molecule has 0 radical (unpaired) electrons. The molecule has 6 aromatic rings. The first-order valence-electron chi connectivity index (χ1n) is 15.8. The van der Waals surface area contributed by atoms with Crippen LogP contribution in [0.1, 0.15) is 49.7 Å². The van der Waals surface area contributed by atoms with Gasteiger partial charge in [0.15, 0.2) is 0 Å². The van der Waals surface area contributed by atoms with Gasteiger partial charge in [-0.15, -0.1) is 0 Å². The molecule has 0 spiro atoms. The molecule has 10 rings (SSSR count). The molecule has 0 atom stereocenters. The van der Waals surface area contributed by atoms with E-state index in [2.05, 4.69) is 116 Å². The molecule has 1 nitrogen and oxygen atoms in total. The molecule has 4 bridgehead atoms. The Kier molecular flexibility index (Phi) is 5.37. The number of fused-ring (bicyclic) bond motifs is 3. The van der Waals surface area contributed by atoms with E-state index < -0.39 is 0 Å². The zero-order valence-corrected chi connectivity index (χ0v) is 24.3. The summed E-state index contributed by atoms with van der Waals surface area (Å²) < 4.78 is 6.82. The molecule has 4 aliphatic rings. The smallest absolute Gasteiger partial charge is 0.143 e. The minimum absolute atomic E-state index is 0.430. The average Bonchev–Trinajstić information content (AvgIpc) is 3.39. The Morgan fingerprint density at radius 3 is 1.79 bits per heavy atom. The molecule has 1 aromatic heterocycles. The minimum atomic E-state index is 0.430. The molecule has 5 aromatic carbocycles. The molecule has 1 heterocycles. The SMILES string of the molecule is Cc1cc(-c2ccc(C34CC5CC(CC(C5)C3)C4)cc2)c2oc3c(-c4ccc(-c5ccccc5)cc4)cccc3c2c1. The van der Waals surface area contributed by atoms with Crippen LogP contribution in [-0.2, 0) is 5.41 Å². The topological polar surface area (TPSA) is 13.1 Å². The number of hydrogen-bond acceptors (Lipinski definition) is 1. The molecule has 0 aliphatic heterocycles. The molecule has 0 amide bonds. The van der Waals surface area contributed by atoms with Crippen molar-refractivity contribution >= 4 is 21.9 Å². The summed E-state index contributed by atoms with van der Waals surface area (Å²) >= 11 is 0. The minimum Gasteiger partial charge on any atom is -0.455 e. The van der Waals surface area contributed by atoms with Crippen LogP contribution in [0.2, 0.25) is 0 Å². The van der Waals surface area contributed by atoms with Gasteiger partial charge in [0.2, 0.25) is 0 Å². The number of furan rings is 1. The molecule has 206 valence electrons. The van der Waals surface area contributed by atoms with E-state index in [4.69, 9.17) is 4.42 Å². The lowest BCUT2D eigenvalue weighted by atomic mass is 9.48. The van der Waals surface area contributed by atoms with Gasteiger partial charge in [-0.25, -0.2) is 0 Å². The second-order valence-electron chi connectivity index (χ2n) is 13.7. The Balaban J connectivity index is 1.12. The van der Waals surface area contributed by atoms with Crippen molar-refractivity contribution < 1.29 is 4.42 Å². The van der Waals surface area contributed by atoms with Gasteiger partial charge >= 0.3 is 0 Å². The van der Waals surface area contributed by atoms with Gasteiger partial charge < -0.3 is 4.42 Å². The first-order valence-corrected chi connectivity index (χ1v) is 15.8. The standard InChI is InChI=1S/C41H36O/c1-26-18-37(33-14-16-34(17-15-33)41-23-27-20-28(24-41)22-29(21-27)25-41)40-38(19-26)36-9-5-8-35(39(36)42-40)32-12-10-31(11-13-32)30-6-3-2-4-7-30/h2-19,27-29H,20-25H2,1H3. The van der Waals surface area contributed by atoms with Crippen molar-refractivity contribution in [1.82, 2.24) is 0 Å². The summed E-state index contributed by atoms with van der Waals surface area (Å²) in [5.41, 5.74) is 12.5. The Bertz CT molecular complexity index is 1900. The fourth-order valence-corrected chi connectivity index (χ4v) is 9.43. The molecular formula is C41H36O. The summed E-state index contributed by atoms with van der Waals surface area (Å²) in [4.78, 5) is 0. The molecule has 4 aliphatic carbocycles. The van der Waals surface area contributed by atoms with Crippen molar-refractivity contribution in [3.8, 4) is 33.4 Å². The van der Waals surface area contributed by atoms with E-state index in [-0.39, 0.29) is 0 Å². The normalized spacial score (nSPS) is 24.5. The number of hydrogen-bond donors (Lipinski definition) is 0. The largest absolute Gasteiger partial charge is 0.455 e. The van der Waals surface area contributed by atoms with Crippen LogP contribution in [-0.4, -0.2) is 0 Å². The van der Waals surface area contributed by atoms with Gasteiger partial charge in [-0.1, -0.05) is 97.1 Å². The van der Waals surface area contributed by atoms with Gasteiger partial charge in [-0.3, -0.25) is 0 Å². The maximum absolute atomic E-state index is 6.82. The zero-order chi connectivity index (χ0) is 27.8. The highest BCUT2D eigenvalue weighted by Crippen LogP contribution is 2.60. The van der Waals surface area contributed by atoms with Crippen LogP contribution in [0.4, 0.5) is 0 Å². The molecule has 4 fully saturated rings. The first-order chi connectivity index (χ1) is 20.6. The highest BCUT2D eigenvalue weighted by atomic mass is 16.3. The van der Waals surface area contributed by atoms with E-state index in [9.17, 15) is 0 Å². The van der Waals surface area contributed by atoms with Gasteiger partial charge in [0, 0.05) is 21.9 Å². The molecule has 1 heteroatoms. The van der Waals surface area contributed by atoms with Crippen LogP contribution in [0.3, 0.4) is 0 Å². The van der Waals surface area contributed by atoms with E-state index in [1.807, 2.05) is 0 Å². The number of aryl methyl sites for hydroxylation is 1. The van der Waals surface area contributed by atoms with Gasteiger partial charge in [-0.05, 0) is 114 Å². The van der Waals surface area contributed by atoms with Crippen molar-refractivity contribution in [2.24, 2.45) is 17.8 Å². The second kappa shape index (κ2) is 9.20. The highest BCUT2D eigenvalue weighted by Gasteiger charge is 2.51. The van der Waals surface area contributed by atoms with E-state index in [1.54, 1.807) is 5.56 Å².